The van der Waals surface area contributed by atoms with Crippen molar-refractivity contribution in [3.05, 3.63) is 77.2 Å². The molecule has 1 aromatic heterocycles. The van der Waals surface area contributed by atoms with E-state index in [4.69, 9.17) is 4.52 Å². The van der Waals surface area contributed by atoms with Crippen molar-refractivity contribution in [2.45, 2.75) is 19.8 Å². The van der Waals surface area contributed by atoms with Gasteiger partial charge in [0.25, 0.3) is 0 Å². The van der Waals surface area contributed by atoms with Crippen LogP contribution in [0.2, 0.25) is 0 Å². The fraction of sp³-hybridized carbons (Fsp3) is 0.182. The molecule has 0 spiro atoms. The van der Waals surface area contributed by atoms with Crippen molar-refractivity contribution in [2.75, 3.05) is 11.9 Å². The topological polar surface area (TPSA) is 101 Å². The van der Waals surface area contributed by atoms with E-state index in [0.717, 1.165) is 23.0 Å². The maximum atomic E-state index is 12.1. The molecule has 0 saturated carbocycles. The molecule has 0 saturated heterocycles. The van der Waals surface area contributed by atoms with Gasteiger partial charge in [-0.05, 0) is 23.6 Å². The fourth-order valence-corrected chi connectivity index (χ4v) is 3.49. The average Bonchev–Trinajstić information content (AvgIpc) is 3.21. The van der Waals surface area contributed by atoms with E-state index < -0.39 is 10.0 Å². The summed E-state index contributed by atoms with van der Waals surface area (Å²) >= 11 is 0. The van der Waals surface area contributed by atoms with E-state index in [1.165, 1.54) is 11.6 Å². The Morgan fingerprint density at radius 2 is 1.83 bits per heavy atom. The van der Waals surface area contributed by atoms with Crippen molar-refractivity contribution >= 4 is 27.9 Å². The molecule has 7 nitrogen and oxygen atoms in total. The second kappa shape index (κ2) is 10.00. The third-order valence-corrected chi connectivity index (χ3v) is 5.43. The van der Waals surface area contributed by atoms with Crippen molar-refractivity contribution in [2.24, 2.45) is 0 Å². The number of nitrogens with one attached hydrogen (secondary N) is 2. The van der Waals surface area contributed by atoms with Crippen molar-refractivity contribution in [1.29, 1.82) is 0 Å². The summed E-state index contributed by atoms with van der Waals surface area (Å²) in [5.74, 6) is -0.171. The SMILES string of the molecule is CCc1ccc(-c2cc(NC(=O)CCNS(=O)(=O)/C=C/c3ccccc3)on2)cc1. The van der Waals surface area contributed by atoms with Crippen molar-refractivity contribution in [3.63, 3.8) is 0 Å². The van der Waals surface area contributed by atoms with Gasteiger partial charge in [0.05, 0.1) is 0 Å². The number of amides is 1. The molecule has 0 fully saturated rings. The largest absolute Gasteiger partial charge is 0.338 e. The number of rotatable bonds is 9. The lowest BCUT2D eigenvalue weighted by molar-refractivity contribution is -0.116. The van der Waals surface area contributed by atoms with E-state index in [-0.39, 0.29) is 24.8 Å². The molecule has 1 heterocycles. The zero-order chi connectivity index (χ0) is 21.4. The van der Waals surface area contributed by atoms with Crippen molar-refractivity contribution in [3.8, 4) is 11.3 Å². The van der Waals surface area contributed by atoms with Gasteiger partial charge in [0, 0.05) is 30.0 Å². The highest BCUT2D eigenvalue weighted by Crippen LogP contribution is 2.22. The molecule has 2 aromatic carbocycles. The average molecular weight is 426 g/mol. The molecular weight excluding hydrogens is 402 g/mol. The van der Waals surface area contributed by atoms with Gasteiger partial charge in [-0.15, -0.1) is 0 Å². The molecule has 0 atom stereocenters. The number of hydrogen-bond donors (Lipinski definition) is 2. The predicted octanol–water partition coefficient (Wildman–Crippen LogP) is 3.82. The highest BCUT2D eigenvalue weighted by molar-refractivity contribution is 7.92. The van der Waals surface area contributed by atoms with Gasteiger partial charge in [0.15, 0.2) is 0 Å². The summed E-state index contributed by atoms with van der Waals surface area (Å²) in [7, 11) is -3.63. The molecule has 2 N–H and O–H groups in total. The lowest BCUT2D eigenvalue weighted by atomic mass is 10.1. The number of benzene rings is 2. The number of anilines is 1. The van der Waals surface area contributed by atoms with Crippen LogP contribution < -0.4 is 10.0 Å². The summed E-state index contributed by atoms with van der Waals surface area (Å²) < 4.78 is 31.5. The summed E-state index contributed by atoms with van der Waals surface area (Å²) in [6.07, 6.45) is 2.40. The first-order valence-electron chi connectivity index (χ1n) is 9.54. The Bertz CT molecular complexity index is 1100. The summed E-state index contributed by atoms with van der Waals surface area (Å²) in [6, 6.07) is 18.6. The fourth-order valence-electron chi connectivity index (χ4n) is 2.67. The number of nitrogens with zero attached hydrogens (tertiary/aromatic N) is 1. The number of hydrogen-bond acceptors (Lipinski definition) is 5. The third kappa shape index (κ3) is 6.40. The molecule has 3 aromatic rings. The van der Waals surface area contributed by atoms with Gasteiger partial charge in [-0.2, -0.15) is 0 Å². The molecule has 1 amide bonds. The van der Waals surface area contributed by atoms with Gasteiger partial charge < -0.3 is 4.52 Å². The lowest BCUT2D eigenvalue weighted by Gasteiger charge is -2.03. The molecule has 3 rings (SSSR count). The van der Waals surface area contributed by atoms with Crippen molar-refractivity contribution in [1.82, 2.24) is 9.88 Å². The Morgan fingerprint density at radius 1 is 1.10 bits per heavy atom. The van der Waals surface area contributed by atoms with E-state index in [1.54, 1.807) is 18.2 Å². The van der Waals surface area contributed by atoms with Crippen LogP contribution in [0.4, 0.5) is 5.88 Å². The van der Waals surface area contributed by atoms with Gasteiger partial charge in [0.1, 0.15) is 5.69 Å². The van der Waals surface area contributed by atoms with E-state index in [0.29, 0.717) is 5.69 Å². The Labute approximate surface area is 175 Å². The monoisotopic (exact) mass is 425 g/mol. The van der Waals surface area contributed by atoms with Crippen LogP contribution in [0.15, 0.2) is 70.6 Å². The third-order valence-electron chi connectivity index (χ3n) is 4.33. The van der Waals surface area contributed by atoms with Crippen LogP contribution in [0.3, 0.4) is 0 Å². The molecule has 0 unspecified atom stereocenters. The standard InChI is InChI=1S/C22H23N3O4S/c1-2-17-8-10-19(11-9-17)20-16-22(29-25-20)24-21(26)12-14-23-30(27,28)15-13-18-6-4-3-5-7-18/h3-11,13,15-16,23H,2,12,14H2,1H3,(H,24,26)/b15-13+. The molecule has 0 aliphatic rings. The minimum Gasteiger partial charge on any atom is -0.338 e. The Hall–Kier alpha value is -3.23. The van der Waals surface area contributed by atoms with E-state index in [2.05, 4.69) is 22.1 Å². The van der Waals surface area contributed by atoms with Gasteiger partial charge in [-0.3, -0.25) is 10.1 Å². The highest BCUT2D eigenvalue weighted by atomic mass is 32.2. The van der Waals surface area contributed by atoms with Crippen LogP contribution in [-0.2, 0) is 21.2 Å². The first-order valence-corrected chi connectivity index (χ1v) is 11.1. The normalized spacial score (nSPS) is 11.6. The summed E-state index contributed by atoms with van der Waals surface area (Å²) in [5, 5.41) is 7.61. The van der Waals surface area contributed by atoms with Gasteiger partial charge in [-0.25, -0.2) is 13.1 Å². The molecule has 0 radical (unpaired) electrons. The van der Waals surface area contributed by atoms with Crippen LogP contribution in [0, 0.1) is 0 Å². The van der Waals surface area contributed by atoms with Gasteiger partial charge in [0.2, 0.25) is 21.8 Å². The number of aromatic nitrogens is 1. The quantitative estimate of drug-likeness (QED) is 0.543. The van der Waals surface area contributed by atoms with Gasteiger partial charge in [-0.1, -0.05) is 66.7 Å². The Balaban J connectivity index is 1.47. The van der Waals surface area contributed by atoms with Crippen LogP contribution in [-0.4, -0.2) is 26.0 Å². The van der Waals surface area contributed by atoms with Gasteiger partial charge >= 0.3 is 0 Å². The summed E-state index contributed by atoms with van der Waals surface area (Å²) in [6.45, 7) is 2.05. The molecule has 0 bridgehead atoms. The molecule has 156 valence electrons. The zero-order valence-electron chi connectivity index (χ0n) is 16.5. The Morgan fingerprint density at radius 3 is 2.53 bits per heavy atom. The summed E-state index contributed by atoms with van der Waals surface area (Å²) in [5.41, 5.74) is 3.48. The number of carbonyl (C=O) groups is 1. The molecule has 0 aliphatic heterocycles. The summed E-state index contributed by atoms with van der Waals surface area (Å²) in [4.78, 5) is 12.1. The lowest BCUT2D eigenvalue weighted by Crippen LogP contribution is -2.26. The first kappa shape index (κ1) is 21.5. The minimum atomic E-state index is -3.63. The van der Waals surface area contributed by atoms with Crippen LogP contribution in [0.25, 0.3) is 17.3 Å². The van der Waals surface area contributed by atoms with Crippen LogP contribution in [0.5, 0.6) is 0 Å². The smallest absolute Gasteiger partial charge is 0.233 e. The Kier molecular flexibility index (Phi) is 7.16. The number of carbonyl (C=O) groups excluding carboxylic acids is 1. The molecule has 0 aliphatic carbocycles. The molecule has 8 heteroatoms. The maximum Gasteiger partial charge on any atom is 0.233 e. The number of aryl methyl sites for hydroxylation is 1. The predicted molar refractivity (Wildman–Crippen MR) is 117 cm³/mol. The van der Waals surface area contributed by atoms with Crippen LogP contribution in [0.1, 0.15) is 24.5 Å². The van der Waals surface area contributed by atoms with E-state index >= 15 is 0 Å². The maximum absolute atomic E-state index is 12.1. The second-order valence-electron chi connectivity index (χ2n) is 6.58. The van der Waals surface area contributed by atoms with Crippen LogP contribution >= 0.6 is 0 Å². The van der Waals surface area contributed by atoms with Crippen molar-refractivity contribution < 1.29 is 17.7 Å². The molecular formula is C22H23N3O4S. The first-order chi connectivity index (χ1) is 14.4. The van der Waals surface area contributed by atoms with E-state index in [1.807, 2.05) is 42.5 Å². The highest BCUT2D eigenvalue weighted by Gasteiger charge is 2.11. The van der Waals surface area contributed by atoms with E-state index in [9.17, 15) is 13.2 Å². The zero-order valence-corrected chi connectivity index (χ0v) is 17.4. The molecule has 30 heavy (non-hydrogen) atoms. The minimum absolute atomic E-state index is 0.0349. The number of sulfonamides is 1. The second-order valence-corrected chi connectivity index (χ2v) is 8.23.